The third-order valence-electron chi connectivity index (χ3n) is 5.85. The molecule has 1 atom stereocenters. The fourth-order valence-corrected chi connectivity index (χ4v) is 3.64. The van der Waals surface area contributed by atoms with E-state index in [1.165, 1.54) is 12.1 Å². The van der Waals surface area contributed by atoms with E-state index in [0.717, 1.165) is 43.8 Å². The molecule has 0 spiro atoms. The fourth-order valence-electron chi connectivity index (χ4n) is 3.64. The van der Waals surface area contributed by atoms with Crippen LogP contribution in [0.1, 0.15) is 76.3 Å². The van der Waals surface area contributed by atoms with Gasteiger partial charge in [-0.1, -0.05) is 26.0 Å². The maximum atomic E-state index is 13.2. The number of hydrogen-bond donors (Lipinski definition) is 1. The number of hydrogen-bond acceptors (Lipinski definition) is 4. The average Bonchev–Trinajstić information content (AvgIpc) is 3.20. The van der Waals surface area contributed by atoms with Crippen LogP contribution in [-0.4, -0.2) is 46.9 Å². The second kappa shape index (κ2) is 12.2. The third kappa shape index (κ3) is 8.40. The van der Waals surface area contributed by atoms with Crippen molar-refractivity contribution in [1.29, 1.82) is 0 Å². The lowest BCUT2D eigenvalue weighted by atomic mass is 10.0. The van der Waals surface area contributed by atoms with Gasteiger partial charge in [0, 0.05) is 18.1 Å². The predicted octanol–water partition coefficient (Wildman–Crippen LogP) is 5.46. The monoisotopic (exact) mass is 445 g/mol. The molecule has 1 aromatic carbocycles. The van der Waals surface area contributed by atoms with Crippen LogP contribution in [0.5, 0.6) is 0 Å². The minimum Gasteiger partial charge on any atom is -0.455 e. The smallest absolute Gasteiger partial charge is 0.287 e. The molecule has 0 radical (unpaired) electrons. The number of furan rings is 1. The van der Waals surface area contributed by atoms with Crippen LogP contribution in [0.2, 0.25) is 0 Å². The Morgan fingerprint density at radius 3 is 2.31 bits per heavy atom. The first-order chi connectivity index (χ1) is 15.1. The molecule has 0 bridgehead atoms. The lowest BCUT2D eigenvalue weighted by Gasteiger charge is -2.35. The largest absolute Gasteiger partial charge is 0.455 e. The molecule has 0 aliphatic rings. The van der Waals surface area contributed by atoms with Gasteiger partial charge in [0.25, 0.3) is 5.91 Å². The summed E-state index contributed by atoms with van der Waals surface area (Å²) in [6, 6.07) is 10.3. The lowest BCUT2D eigenvalue weighted by Crippen LogP contribution is -2.40. The molecule has 0 fully saturated rings. The van der Waals surface area contributed by atoms with Crippen LogP contribution in [0.25, 0.3) is 0 Å². The van der Waals surface area contributed by atoms with Crippen LogP contribution in [-0.2, 0) is 13.1 Å². The summed E-state index contributed by atoms with van der Waals surface area (Å²) in [7, 11) is 0. The van der Waals surface area contributed by atoms with Gasteiger partial charge in [-0.25, -0.2) is 4.39 Å². The number of amides is 1. The third-order valence-corrected chi connectivity index (χ3v) is 5.85. The Bertz CT molecular complexity index is 822. The highest BCUT2D eigenvalue weighted by Gasteiger charge is 2.24. The molecule has 5 nitrogen and oxygen atoms in total. The van der Waals surface area contributed by atoms with Crippen molar-refractivity contribution in [2.75, 3.05) is 19.6 Å². The van der Waals surface area contributed by atoms with E-state index in [2.05, 4.69) is 49.7 Å². The standard InChI is InChI=1S/C26H40FN3O2/c1-7-29(8-2)17-9-10-20(3)28-25(31)24-16-15-23(32-24)19-30(26(4,5)6)18-21-11-13-22(27)14-12-21/h11-16,20H,7-10,17-19H2,1-6H3,(H,28,31). The average molecular weight is 446 g/mol. The summed E-state index contributed by atoms with van der Waals surface area (Å²) >= 11 is 0. The highest BCUT2D eigenvalue weighted by atomic mass is 19.1. The Morgan fingerprint density at radius 1 is 1.06 bits per heavy atom. The summed E-state index contributed by atoms with van der Waals surface area (Å²) in [5.41, 5.74) is 0.910. The summed E-state index contributed by atoms with van der Waals surface area (Å²) in [6.45, 7) is 17.2. The van der Waals surface area contributed by atoms with Gasteiger partial charge in [-0.3, -0.25) is 9.69 Å². The minimum absolute atomic E-state index is 0.0937. The van der Waals surface area contributed by atoms with Crippen molar-refractivity contribution in [1.82, 2.24) is 15.1 Å². The summed E-state index contributed by atoms with van der Waals surface area (Å²) < 4.78 is 19.1. The molecule has 0 aliphatic carbocycles. The van der Waals surface area contributed by atoms with E-state index in [4.69, 9.17) is 4.42 Å². The van der Waals surface area contributed by atoms with Gasteiger partial charge in [0.2, 0.25) is 0 Å². The molecule has 32 heavy (non-hydrogen) atoms. The molecule has 1 unspecified atom stereocenters. The molecule has 1 aromatic heterocycles. The Balaban J connectivity index is 1.92. The van der Waals surface area contributed by atoms with E-state index in [9.17, 15) is 9.18 Å². The van der Waals surface area contributed by atoms with E-state index < -0.39 is 0 Å². The molecule has 0 aliphatic heterocycles. The molecule has 2 rings (SSSR count). The summed E-state index contributed by atoms with van der Waals surface area (Å²) in [6.07, 6.45) is 1.99. The van der Waals surface area contributed by atoms with Gasteiger partial charge in [0.15, 0.2) is 5.76 Å². The van der Waals surface area contributed by atoms with Gasteiger partial charge < -0.3 is 14.6 Å². The molecular weight excluding hydrogens is 405 g/mol. The zero-order chi connectivity index (χ0) is 23.7. The number of rotatable bonds is 12. The van der Waals surface area contributed by atoms with Crippen LogP contribution < -0.4 is 5.32 Å². The Labute approximate surface area is 193 Å². The number of benzene rings is 1. The highest BCUT2D eigenvalue weighted by Crippen LogP contribution is 2.22. The fraction of sp³-hybridized carbons (Fsp3) is 0.577. The highest BCUT2D eigenvalue weighted by molar-refractivity contribution is 5.91. The first kappa shape index (κ1) is 26.1. The van der Waals surface area contributed by atoms with Crippen molar-refractivity contribution in [3.05, 3.63) is 59.3 Å². The number of nitrogens with zero attached hydrogens (tertiary/aromatic N) is 2. The normalized spacial score (nSPS) is 13.0. The first-order valence-electron chi connectivity index (χ1n) is 11.7. The minimum atomic E-state index is -0.236. The second-order valence-corrected chi connectivity index (χ2v) is 9.46. The van der Waals surface area contributed by atoms with Crippen LogP contribution in [0.3, 0.4) is 0 Å². The Morgan fingerprint density at radius 2 is 1.72 bits per heavy atom. The number of carbonyl (C=O) groups excluding carboxylic acids is 1. The molecule has 0 saturated carbocycles. The quantitative estimate of drug-likeness (QED) is 0.471. The van der Waals surface area contributed by atoms with Crippen molar-refractivity contribution >= 4 is 5.91 Å². The molecule has 1 N–H and O–H groups in total. The van der Waals surface area contributed by atoms with Crippen molar-refractivity contribution in [3.8, 4) is 0 Å². The maximum absolute atomic E-state index is 13.2. The summed E-state index contributed by atoms with van der Waals surface area (Å²) in [5.74, 6) is 0.667. The van der Waals surface area contributed by atoms with Crippen molar-refractivity contribution < 1.29 is 13.6 Å². The van der Waals surface area contributed by atoms with Crippen LogP contribution in [0.15, 0.2) is 40.8 Å². The topological polar surface area (TPSA) is 48.7 Å². The van der Waals surface area contributed by atoms with Crippen LogP contribution in [0, 0.1) is 5.82 Å². The van der Waals surface area contributed by atoms with E-state index >= 15 is 0 Å². The summed E-state index contributed by atoms with van der Waals surface area (Å²) in [5, 5.41) is 3.05. The molecule has 2 aromatic rings. The number of carbonyl (C=O) groups is 1. The Kier molecular flexibility index (Phi) is 9.91. The molecule has 178 valence electrons. The predicted molar refractivity (Wildman–Crippen MR) is 128 cm³/mol. The molecule has 0 saturated heterocycles. The molecule has 1 amide bonds. The second-order valence-electron chi connectivity index (χ2n) is 9.46. The van der Waals surface area contributed by atoms with E-state index in [0.29, 0.717) is 18.8 Å². The van der Waals surface area contributed by atoms with Crippen LogP contribution >= 0.6 is 0 Å². The SMILES string of the molecule is CCN(CC)CCCC(C)NC(=O)c1ccc(CN(Cc2ccc(F)cc2)C(C)(C)C)o1. The van der Waals surface area contributed by atoms with Crippen molar-refractivity contribution in [3.63, 3.8) is 0 Å². The van der Waals surface area contributed by atoms with Crippen molar-refractivity contribution in [2.24, 2.45) is 0 Å². The van der Waals surface area contributed by atoms with Crippen LogP contribution in [0.4, 0.5) is 4.39 Å². The van der Waals surface area contributed by atoms with Gasteiger partial charge in [-0.2, -0.15) is 0 Å². The van der Waals surface area contributed by atoms with Gasteiger partial charge >= 0.3 is 0 Å². The first-order valence-corrected chi connectivity index (χ1v) is 11.7. The Hall–Kier alpha value is -2.18. The van der Waals surface area contributed by atoms with E-state index in [-0.39, 0.29) is 23.3 Å². The number of nitrogens with one attached hydrogen (secondary N) is 1. The zero-order valence-corrected chi connectivity index (χ0v) is 20.6. The maximum Gasteiger partial charge on any atom is 0.287 e. The summed E-state index contributed by atoms with van der Waals surface area (Å²) in [4.78, 5) is 17.3. The molecule has 6 heteroatoms. The van der Waals surface area contributed by atoms with E-state index in [1.807, 2.05) is 13.0 Å². The van der Waals surface area contributed by atoms with Gasteiger partial charge in [-0.05, 0) is 90.0 Å². The lowest BCUT2D eigenvalue weighted by molar-refractivity contribution is 0.0891. The van der Waals surface area contributed by atoms with Crippen molar-refractivity contribution in [2.45, 2.75) is 79.1 Å². The molecular formula is C26H40FN3O2. The number of halogens is 1. The molecule has 1 heterocycles. The van der Waals surface area contributed by atoms with Gasteiger partial charge in [-0.15, -0.1) is 0 Å². The van der Waals surface area contributed by atoms with Gasteiger partial charge in [0.05, 0.1) is 6.54 Å². The van der Waals surface area contributed by atoms with E-state index in [1.54, 1.807) is 18.2 Å². The zero-order valence-electron chi connectivity index (χ0n) is 20.6. The van der Waals surface area contributed by atoms with Gasteiger partial charge in [0.1, 0.15) is 11.6 Å².